The van der Waals surface area contributed by atoms with Crippen molar-refractivity contribution in [2.45, 2.75) is 0 Å². The van der Waals surface area contributed by atoms with Gasteiger partial charge in [0.1, 0.15) is 5.75 Å². The fourth-order valence-electron chi connectivity index (χ4n) is 1.27. The lowest BCUT2D eigenvalue weighted by Gasteiger charge is -2.08. The second-order valence-electron chi connectivity index (χ2n) is 3.51. The molecule has 100 valence electrons. The third kappa shape index (κ3) is 5.51. The molecule has 6 heteroatoms. The highest BCUT2D eigenvalue weighted by atomic mass is 16.5. The minimum absolute atomic E-state index is 0.267. The summed E-state index contributed by atoms with van der Waals surface area (Å²) < 4.78 is 10.2. The smallest absolute Gasteiger partial charge is 0.319 e. The molecular weight excluding hydrogens is 234 g/mol. The van der Waals surface area contributed by atoms with Crippen molar-refractivity contribution in [3.05, 3.63) is 24.3 Å². The average Bonchev–Trinajstić information content (AvgIpc) is 2.39. The molecule has 1 rings (SSSR count). The summed E-state index contributed by atoms with van der Waals surface area (Å²) in [6.45, 7) is 1.88. The fourth-order valence-corrected chi connectivity index (χ4v) is 1.27. The topological polar surface area (TPSA) is 85.6 Å². The molecule has 0 atom stereocenters. The van der Waals surface area contributed by atoms with Crippen LogP contribution < -0.4 is 21.1 Å². The van der Waals surface area contributed by atoms with Crippen LogP contribution in [0.3, 0.4) is 0 Å². The Balaban J connectivity index is 2.22. The molecule has 0 aliphatic rings. The van der Waals surface area contributed by atoms with Gasteiger partial charge in [-0.1, -0.05) is 0 Å². The number of hydrogen-bond donors (Lipinski definition) is 3. The van der Waals surface area contributed by atoms with E-state index in [9.17, 15) is 4.79 Å². The molecule has 1 aromatic rings. The number of carbonyl (C=O) groups excluding carboxylic acids is 1. The second kappa shape index (κ2) is 8.32. The maximum atomic E-state index is 11.5. The highest BCUT2D eigenvalue weighted by Gasteiger charge is 2.00. The Morgan fingerprint density at radius 2 is 2.00 bits per heavy atom. The van der Waals surface area contributed by atoms with E-state index in [0.717, 1.165) is 5.75 Å². The predicted octanol–water partition coefficient (Wildman–Crippen LogP) is 0.792. The number of carbonyl (C=O) groups is 1. The summed E-state index contributed by atoms with van der Waals surface area (Å²) >= 11 is 0. The first-order valence-electron chi connectivity index (χ1n) is 5.73. The van der Waals surface area contributed by atoms with E-state index >= 15 is 0 Å². The molecule has 1 aromatic carbocycles. The van der Waals surface area contributed by atoms with E-state index in [1.165, 1.54) is 0 Å². The summed E-state index contributed by atoms with van der Waals surface area (Å²) in [7, 11) is 1.59. The minimum Gasteiger partial charge on any atom is -0.497 e. The lowest BCUT2D eigenvalue weighted by Crippen LogP contribution is -2.31. The van der Waals surface area contributed by atoms with Gasteiger partial charge in [-0.2, -0.15) is 0 Å². The van der Waals surface area contributed by atoms with Gasteiger partial charge in [0.15, 0.2) is 0 Å². The van der Waals surface area contributed by atoms with Gasteiger partial charge in [0.25, 0.3) is 0 Å². The number of amides is 2. The molecule has 18 heavy (non-hydrogen) atoms. The largest absolute Gasteiger partial charge is 0.497 e. The number of anilines is 1. The summed E-state index contributed by atoms with van der Waals surface area (Å²) in [4.78, 5) is 11.5. The van der Waals surface area contributed by atoms with E-state index in [1.54, 1.807) is 31.4 Å². The number of nitrogens with two attached hydrogens (primary N) is 1. The van der Waals surface area contributed by atoms with Crippen LogP contribution in [0.15, 0.2) is 24.3 Å². The number of urea groups is 1. The van der Waals surface area contributed by atoms with Crippen LogP contribution in [0.4, 0.5) is 10.5 Å². The van der Waals surface area contributed by atoms with Crippen LogP contribution in [0.25, 0.3) is 0 Å². The summed E-state index contributed by atoms with van der Waals surface area (Å²) in [6, 6.07) is 6.82. The van der Waals surface area contributed by atoms with Crippen molar-refractivity contribution in [1.29, 1.82) is 0 Å². The predicted molar refractivity (Wildman–Crippen MR) is 69.9 cm³/mol. The van der Waals surface area contributed by atoms with E-state index < -0.39 is 0 Å². The fraction of sp³-hybridized carbons (Fsp3) is 0.417. The summed E-state index contributed by atoms with van der Waals surface area (Å²) in [6.07, 6.45) is 0. The Hall–Kier alpha value is -1.79. The van der Waals surface area contributed by atoms with E-state index in [4.69, 9.17) is 15.2 Å². The molecule has 0 heterocycles. The van der Waals surface area contributed by atoms with Crippen molar-refractivity contribution < 1.29 is 14.3 Å². The van der Waals surface area contributed by atoms with Crippen LogP contribution in [-0.2, 0) is 4.74 Å². The number of rotatable bonds is 7. The van der Waals surface area contributed by atoms with Gasteiger partial charge in [0, 0.05) is 18.8 Å². The lowest BCUT2D eigenvalue weighted by atomic mass is 10.3. The van der Waals surface area contributed by atoms with Gasteiger partial charge in [0.2, 0.25) is 0 Å². The molecule has 2 amide bonds. The standard InChI is InChI=1S/C12H19N3O3/c1-17-11-4-2-10(3-5-11)15-12(16)14-7-9-18-8-6-13/h2-5H,6-9,13H2,1H3,(H2,14,15,16). The Bertz CT molecular complexity index is 354. The Kier molecular flexibility index (Phi) is 6.60. The number of hydrogen-bond acceptors (Lipinski definition) is 4. The molecule has 0 aromatic heterocycles. The van der Waals surface area contributed by atoms with Gasteiger partial charge in [0.05, 0.1) is 20.3 Å². The quantitative estimate of drug-likeness (QED) is 0.627. The van der Waals surface area contributed by atoms with Crippen LogP contribution >= 0.6 is 0 Å². The molecule has 0 radical (unpaired) electrons. The zero-order valence-electron chi connectivity index (χ0n) is 10.4. The monoisotopic (exact) mass is 253 g/mol. The van der Waals surface area contributed by atoms with Crippen molar-refractivity contribution >= 4 is 11.7 Å². The Morgan fingerprint density at radius 1 is 1.28 bits per heavy atom. The molecular formula is C12H19N3O3. The van der Waals surface area contributed by atoms with Crippen LogP contribution in [0.5, 0.6) is 5.75 Å². The van der Waals surface area contributed by atoms with Gasteiger partial charge in [-0.05, 0) is 24.3 Å². The summed E-state index contributed by atoms with van der Waals surface area (Å²) in [5, 5.41) is 5.37. The van der Waals surface area contributed by atoms with Crippen molar-refractivity contribution in [3.8, 4) is 5.75 Å². The normalized spacial score (nSPS) is 9.89. The number of benzene rings is 1. The molecule has 0 aliphatic heterocycles. The van der Waals surface area contributed by atoms with Crippen LogP contribution in [0, 0.1) is 0 Å². The maximum Gasteiger partial charge on any atom is 0.319 e. The number of ether oxygens (including phenoxy) is 2. The molecule has 0 aliphatic carbocycles. The molecule has 6 nitrogen and oxygen atoms in total. The third-order valence-electron chi connectivity index (χ3n) is 2.14. The zero-order valence-corrected chi connectivity index (χ0v) is 10.4. The number of methoxy groups -OCH3 is 1. The molecule has 0 saturated heterocycles. The zero-order chi connectivity index (χ0) is 13.2. The first-order chi connectivity index (χ1) is 8.76. The Morgan fingerprint density at radius 3 is 2.61 bits per heavy atom. The molecule has 0 bridgehead atoms. The van der Waals surface area contributed by atoms with E-state index in [0.29, 0.717) is 32.0 Å². The van der Waals surface area contributed by atoms with Crippen molar-refractivity contribution in [2.75, 3.05) is 38.7 Å². The van der Waals surface area contributed by atoms with Crippen LogP contribution in [0.1, 0.15) is 0 Å². The lowest BCUT2D eigenvalue weighted by molar-refractivity contribution is 0.144. The van der Waals surface area contributed by atoms with E-state index in [1.807, 2.05) is 0 Å². The first kappa shape index (κ1) is 14.3. The van der Waals surface area contributed by atoms with Crippen molar-refractivity contribution in [2.24, 2.45) is 5.73 Å². The van der Waals surface area contributed by atoms with Gasteiger partial charge in [-0.3, -0.25) is 0 Å². The number of nitrogens with one attached hydrogen (secondary N) is 2. The van der Waals surface area contributed by atoms with Gasteiger partial charge < -0.3 is 25.8 Å². The molecule has 0 spiro atoms. The van der Waals surface area contributed by atoms with E-state index in [-0.39, 0.29) is 6.03 Å². The van der Waals surface area contributed by atoms with Gasteiger partial charge in [-0.25, -0.2) is 4.79 Å². The highest BCUT2D eigenvalue weighted by Crippen LogP contribution is 2.14. The second-order valence-corrected chi connectivity index (χ2v) is 3.51. The van der Waals surface area contributed by atoms with Crippen molar-refractivity contribution in [1.82, 2.24) is 5.32 Å². The summed E-state index contributed by atoms with van der Waals surface area (Å²) in [5.41, 5.74) is 5.97. The third-order valence-corrected chi connectivity index (χ3v) is 2.14. The van der Waals surface area contributed by atoms with Crippen LogP contribution in [0.2, 0.25) is 0 Å². The molecule has 4 N–H and O–H groups in total. The maximum absolute atomic E-state index is 11.5. The first-order valence-corrected chi connectivity index (χ1v) is 5.73. The molecule has 0 unspecified atom stereocenters. The Labute approximate surface area is 106 Å². The molecule has 0 fully saturated rings. The molecule has 0 saturated carbocycles. The van der Waals surface area contributed by atoms with Gasteiger partial charge >= 0.3 is 6.03 Å². The van der Waals surface area contributed by atoms with Crippen molar-refractivity contribution in [3.63, 3.8) is 0 Å². The average molecular weight is 253 g/mol. The highest BCUT2D eigenvalue weighted by molar-refractivity contribution is 5.89. The van der Waals surface area contributed by atoms with Crippen LogP contribution in [-0.4, -0.2) is 39.4 Å². The van der Waals surface area contributed by atoms with E-state index in [2.05, 4.69) is 10.6 Å². The summed E-state index contributed by atoms with van der Waals surface area (Å²) in [5.74, 6) is 0.746. The van der Waals surface area contributed by atoms with Gasteiger partial charge in [-0.15, -0.1) is 0 Å². The SMILES string of the molecule is COc1ccc(NC(=O)NCCOCCN)cc1. The minimum atomic E-state index is -0.267.